The normalized spacial score (nSPS) is 15.3. The third-order valence-electron chi connectivity index (χ3n) is 4.81. The summed E-state index contributed by atoms with van der Waals surface area (Å²) in [6.45, 7) is 7.57. The Balaban J connectivity index is 1.98. The van der Waals surface area contributed by atoms with Gasteiger partial charge in [-0.1, -0.05) is 26.2 Å². The zero-order valence-electron chi connectivity index (χ0n) is 15.9. The summed E-state index contributed by atoms with van der Waals surface area (Å²) in [6.07, 6.45) is 7.02. The van der Waals surface area contributed by atoms with Crippen molar-refractivity contribution in [3.63, 3.8) is 0 Å². The number of hydrogen-bond donors (Lipinski definition) is 1. The first-order valence-electron chi connectivity index (χ1n) is 9.43. The number of nitrogens with zero attached hydrogens (tertiary/aromatic N) is 2. The molecule has 0 aromatic carbocycles. The third kappa shape index (κ3) is 3.91. The Morgan fingerprint density at radius 2 is 2.12 bits per heavy atom. The van der Waals surface area contributed by atoms with E-state index in [1.54, 1.807) is 6.26 Å². The van der Waals surface area contributed by atoms with Gasteiger partial charge in [0, 0.05) is 18.5 Å². The molecule has 0 spiro atoms. The molecule has 2 aromatic rings. The lowest BCUT2D eigenvalue weighted by Gasteiger charge is -2.33. The minimum atomic E-state index is -0.293. The van der Waals surface area contributed by atoms with Crippen LogP contribution < -0.4 is 5.32 Å². The first-order chi connectivity index (χ1) is 12.6. The zero-order chi connectivity index (χ0) is 18.6. The van der Waals surface area contributed by atoms with Gasteiger partial charge in [-0.25, -0.2) is 4.98 Å². The lowest BCUT2D eigenvalue weighted by atomic mass is 9.87. The van der Waals surface area contributed by atoms with E-state index in [4.69, 9.17) is 14.1 Å². The van der Waals surface area contributed by atoms with Crippen LogP contribution in [-0.2, 0) is 17.8 Å². The summed E-state index contributed by atoms with van der Waals surface area (Å²) < 4.78 is 11.6. The maximum atomic E-state index is 9.81. The van der Waals surface area contributed by atoms with Gasteiger partial charge in [0.2, 0.25) is 0 Å². The lowest BCUT2D eigenvalue weighted by molar-refractivity contribution is -0.0400. The highest BCUT2D eigenvalue weighted by Gasteiger charge is 2.32. The molecule has 0 saturated heterocycles. The number of aromatic nitrogens is 1. The average Bonchev–Trinajstić information content (AvgIpc) is 3.14. The van der Waals surface area contributed by atoms with Crippen LogP contribution in [-0.4, -0.2) is 17.1 Å². The van der Waals surface area contributed by atoms with Gasteiger partial charge in [-0.05, 0) is 38.0 Å². The Morgan fingerprint density at radius 3 is 2.81 bits per heavy atom. The molecule has 0 bridgehead atoms. The number of fused-ring (bicyclic) bond motifs is 1. The predicted molar refractivity (Wildman–Crippen MR) is 102 cm³/mol. The average molecular weight is 353 g/mol. The Bertz CT molecular complexity index is 789. The van der Waals surface area contributed by atoms with Gasteiger partial charge in [0.1, 0.15) is 17.6 Å². The van der Waals surface area contributed by atoms with Gasteiger partial charge in [-0.2, -0.15) is 5.26 Å². The van der Waals surface area contributed by atoms with E-state index < -0.39 is 0 Å². The molecule has 0 amide bonds. The maximum Gasteiger partial charge on any atom is 0.152 e. The number of nitriles is 1. The number of anilines is 1. The molecule has 1 aliphatic rings. The van der Waals surface area contributed by atoms with Crippen molar-refractivity contribution >= 4 is 5.82 Å². The molecule has 2 aromatic heterocycles. The van der Waals surface area contributed by atoms with E-state index in [9.17, 15) is 5.26 Å². The number of hydrogen-bond acceptors (Lipinski definition) is 5. The molecule has 0 saturated carbocycles. The monoisotopic (exact) mass is 353 g/mol. The van der Waals surface area contributed by atoms with E-state index in [0.717, 1.165) is 29.8 Å². The molecule has 5 heteroatoms. The fourth-order valence-corrected chi connectivity index (χ4v) is 3.39. The van der Waals surface area contributed by atoms with E-state index in [2.05, 4.69) is 32.2 Å². The van der Waals surface area contributed by atoms with Gasteiger partial charge < -0.3 is 14.5 Å². The SMILES string of the molecule is CCCCCCNc1nc(-c2ccco2)c2c(c1C#N)CC(C)(C)OC2. The van der Waals surface area contributed by atoms with Crippen LogP contribution in [0.5, 0.6) is 0 Å². The van der Waals surface area contributed by atoms with Crippen LogP contribution in [0.1, 0.15) is 63.1 Å². The number of nitrogens with one attached hydrogen (secondary N) is 1. The Labute approximate surface area is 155 Å². The van der Waals surface area contributed by atoms with Crippen molar-refractivity contribution in [3.8, 4) is 17.5 Å². The number of ether oxygens (including phenoxy) is 1. The third-order valence-corrected chi connectivity index (χ3v) is 4.81. The van der Waals surface area contributed by atoms with Crippen LogP contribution in [0.25, 0.3) is 11.5 Å². The minimum Gasteiger partial charge on any atom is -0.463 e. The van der Waals surface area contributed by atoms with Crippen molar-refractivity contribution in [1.29, 1.82) is 5.26 Å². The Morgan fingerprint density at radius 1 is 1.27 bits per heavy atom. The molecule has 1 aliphatic heterocycles. The summed E-state index contributed by atoms with van der Waals surface area (Å²) in [5, 5.41) is 13.2. The second kappa shape index (κ2) is 7.92. The van der Waals surface area contributed by atoms with Crippen LogP contribution in [0, 0.1) is 11.3 Å². The summed E-state index contributed by atoms with van der Waals surface area (Å²) in [7, 11) is 0. The molecule has 0 fully saturated rings. The second-order valence-corrected chi connectivity index (χ2v) is 7.44. The summed E-state index contributed by atoms with van der Waals surface area (Å²) in [4.78, 5) is 4.76. The molecule has 1 N–H and O–H groups in total. The van der Waals surface area contributed by atoms with Crippen molar-refractivity contribution in [1.82, 2.24) is 4.98 Å². The van der Waals surface area contributed by atoms with Gasteiger partial charge in [-0.15, -0.1) is 0 Å². The molecule has 5 nitrogen and oxygen atoms in total. The number of rotatable bonds is 7. The summed E-state index contributed by atoms with van der Waals surface area (Å²) in [5.74, 6) is 1.37. The highest BCUT2D eigenvalue weighted by molar-refractivity contribution is 5.69. The molecule has 0 aliphatic carbocycles. The van der Waals surface area contributed by atoms with Crippen molar-refractivity contribution in [2.45, 2.75) is 65.1 Å². The Hall–Kier alpha value is -2.32. The summed E-state index contributed by atoms with van der Waals surface area (Å²) >= 11 is 0. The smallest absolute Gasteiger partial charge is 0.152 e. The van der Waals surface area contributed by atoms with Crippen LogP contribution in [0.3, 0.4) is 0 Å². The maximum absolute atomic E-state index is 9.81. The van der Waals surface area contributed by atoms with E-state index >= 15 is 0 Å². The molecule has 3 rings (SSSR count). The first kappa shape index (κ1) is 18.5. The zero-order valence-corrected chi connectivity index (χ0v) is 15.9. The van der Waals surface area contributed by atoms with Gasteiger partial charge in [-0.3, -0.25) is 0 Å². The summed E-state index contributed by atoms with van der Waals surface area (Å²) in [6, 6.07) is 6.13. The molecule has 138 valence electrons. The fraction of sp³-hybridized carbons (Fsp3) is 0.524. The summed E-state index contributed by atoms with van der Waals surface area (Å²) in [5.41, 5.74) is 3.12. The number of unbranched alkanes of at least 4 members (excludes halogenated alkanes) is 3. The van der Waals surface area contributed by atoms with E-state index in [-0.39, 0.29) is 5.60 Å². The highest BCUT2D eigenvalue weighted by Crippen LogP contribution is 2.37. The lowest BCUT2D eigenvalue weighted by Crippen LogP contribution is -2.33. The molecular formula is C21H27N3O2. The van der Waals surface area contributed by atoms with Gasteiger partial charge in [0.05, 0.1) is 24.0 Å². The largest absolute Gasteiger partial charge is 0.463 e. The molecular weight excluding hydrogens is 326 g/mol. The van der Waals surface area contributed by atoms with Gasteiger partial charge >= 0.3 is 0 Å². The van der Waals surface area contributed by atoms with Crippen molar-refractivity contribution in [2.75, 3.05) is 11.9 Å². The molecule has 26 heavy (non-hydrogen) atoms. The van der Waals surface area contributed by atoms with Crippen LogP contribution in [0.2, 0.25) is 0 Å². The van der Waals surface area contributed by atoms with Crippen molar-refractivity contribution < 1.29 is 9.15 Å². The quantitative estimate of drug-likeness (QED) is 0.705. The molecule has 0 radical (unpaired) electrons. The number of pyridine rings is 1. The van der Waals surface area contributed by atoms with Crippen LogP contribution in [0.15, 0.2) is 22.8 Å². The van der Waals surface area contributed by atoms with Gasteiger partial charge in [0.15, 0.2) is 5.76 Å². The number of furan rings is 1. The Kier molecular flexibility index (Phi) is 5.63. The minimum absolute atomic E-state index is 0.293. The van der Waals surface area contributed by atoms with E-state index in [1.807, 2.05) is 12.1 Å². The van der Waals surface area contributed by atoms with Crippen molar-refractivity contribution in [2.24, 2.45) is 0 Å². The van der Waals surface area contributed by atoms with Crippen LogP contribution in [0.4, 0.5) is 5.82 Å². The second-order valence-electron chi connectivity index (χ2n) is 7.44. The molecule has 0 unspecified atom stereocenters. The first-order valence-corrected chi connectivity index (χ1v) is 9.43. The molecule has 0 atom stereocenters. The fourth-order valence-electron chi connectivity index (χ4n) is 3.39. The van der Waals surface area contributed by atoms with Crippen LogP contribution >= 0.6 is 0 Å². The van der Waals surface area contributed by atoms with Gasteiger partial charge in [0.25, 0.3) is 0 Å². The topological polar surface area (TPSA) is 71.1 Å². The highest BCUT2D eigenvalue weighted by atomic mass is 16.5. The van der Waals surface area contributed by atoms with Crippen molar-refractivity contribution in [3.05, 3.63) is 35.1 Å². The van der Waals surface area contributed by atoms with E-state index in [1.165, 1.54) is 19.3 Å². The molecule has 3 heterocycles. The standard InChI is InChI=1S/C21H27N3O2/c1-4-5-6-7-10-23-20-16(13-22)15-12-21(2,3)26-14-17(15)19(24-20)18-9-8-11-25-18/h8-9,11H,4-7,10,12,14H2,1-3H3,(H,23,24). The van der Waals surface area contributed by atoms with E-state index in [0.29, 0.717) is 30.2 Å². The predicted octanol–water partition coefficient (Wildman–Crippen LogP) is 5.06.